The van der Waals surface area contributed by atoms with E-state index in [4.69, 9.17) is 16.3 Å². The van der Waals surface area contributed by atoms with Crippen LogP contribution in [0.25, 0.3) is 0 Å². The molecule has 1 aliphatic heterocycles. The van der Waals surface area contributed by atoms with Crippen LogP contribution in [0.1, 0.15) is 67.2 Å². The Morgan fingerprint density at radius 3 is 2.67 bits per heavy atom. The Kier molecular flexibility index (Phi) is 8.21. The molecule has 12 heteroatoms. The van der Waals surface area contributed by atoms with E-state index in [1.165, 1.54) is 12.3 Å². The molecule has 0 saturated carbocycles. The van der Waals surface area contributed by atoms with Crippen LogP contribution in [-0.2, 0) is 4.79 Å². The van der Waals surface area contributed by atoms with Crippen molar-refractivity contribution in [3.63, 3.8) is 0 Å². The molecule has 0 radical (unpaired) electrons. The third kappa shape index (κ3) is 5.97. The van der Waals surface area contributed by atoms with E-state index in [1.807, 2.05) is 32.0 Å². The highest BCUT2D eigenvalue weighted by Crippen LogP contribution is 2.43. The number of nitriles is 1. The minimum Gasteiger partial charge on any atom is -0.448 e. The second-order valence-electron chi connectivity index (χ2n) is 10.4. The molecule has 208 valence electrons. The first-order valence-electron chi connectivity index (χ1n) is 12.8. The van der Waals surface area contributed by atoms with E-state index < -0.39 is 22.9 Å². The van der Waals surface area contributed by atoms with E-state index in [2.05, 4.69) is 31.6 Å². The number of nitrogens with one attached hydrogen (secondary N) is 2. The molecule has 0 bridgehead atoms. The van der Waals surface area contributed by atoms with E-state index >= 15 is 0 Å². The number of aryl methyl sites for hydroxylation is 2. The number of aromatic nitrogens is 4. The fraction of sp³-hybridized carbons (Fsp3) is 0.393. The van der Waals surface area contributed by atoms with Crippen molar-refractivity contribution >= 4 is 23.4 Å². The number of hydrogen-bond donors (Lipinski definition) is 2. The van der Waals surface area contributed by atoms with Crippen LogP contribution in [0.15, 0.2) is 41.3 Å². The lowest BCUT2D eigenvalue weighted by Gasteiger charge is -2.38. The molecule has 1 aliphatic rings. The van der Waals surface area contributed by atoms with Gasteiger partial charge in [-0.25, -0.2) is 15.1 Å². The van der Waals surface area contributed by atoms with Gasteiger partial charge in [-0.05, 0) is 65.2 Å². The number of carbonyl (C=O) groups is 2. The van der Waals surface area contributed by atoms with Crippen LogP contribution < -0.4 is 15.6 Å². The number of rotatable bonds is 7. The summed E-state index contributed by atoms with van der Waals surface area (Å²) in [5, 5.41) is 19.2. The summed E-state index contributed by atoms with van der Waals surface area (Å²) in [6.07, 6.45) is 2.58. The largest absolute Gasteiger partial charge is 0.448 e. The number of halogens is 1. The molecule has 40 heavy (non-hydrogen) atoms. The molecule has 2 N–H and O–H groups in total. The normalized spacial score (nSPS) is 17.7. The Labute approximate surface area is 236 Å². The molecule has 0 aliphatic carbocycles. The molecule has 3 heterocycles. The second kappa shape index (κ2) is 11.4. The van der Waals surface area contributed by atoms with E-state index in [1.54, 1.807) is 31.7 Å². The van der Waals surface area contributed by atoms with Crippen LogP contribution in [0.3, 0.4) is 0 Å². The molecule has 3 atom stereocenters. The molecule has 11 nitrogen and oxygen atoms in total. The van der Waals surface area contributed by atoms with Crippen LogP contribution in [0.2, 0.25) is 5.02 Å². The van der Waals surface area contributed by atoms with Gasteiger partial charge in [-0.15, -0.1) is 0 Å². The number of hydrogen-bond acceptors (Lipinski definition) is 8. The zero-order chi connectivity index (χ0) is 29.2. The van der Waals surface area contributed by atoms with Crippen molar-refractivity contribution in [2.75, 3.05) is 0 Å². The van der Waals surface area contributed by atoms with Crippen molar-refractivity contribution in [2.45, 2.75) is 65.6 Å². The number of amides is 2. The number of benzene rings is 1. The maximum Gasteiger partial charge on any atom is 0.307 e. The highest BCUT2D eigenvalue weighted by Gasteiger charge is 2.46. The predicted molar refractivity (Wildman–Crippen MR) is 147 cm³/mol. The molecule has 4 rings (SSSR count). The van der Waals surface area contributed by atoms with Crippen LogP contribution >= 0.6 is 11.6 Å². The zero-order valence-electron chi connectivity index (χ0n) is 22.9. The number of H-pyrrole nitrogens is 1. The molecular weight excluding hydrogens is 534 g/mol. The van der Waals surface area contributed by atoms with Gasteiger partial charge in [-0.3, -0.25) is 14.4 Å². The monoisotopic (exact) mass is 563 g/mol. The summed E-state index contributed by atoms with van der Waals surface area (Å²) < 4.78 is 5.62. The predicted octanol–water partition coefficient (Wildman–Crippen LogP) is 4.02. The fourth-order valence-electron chi connectivity index (χ4n) is 4.83. The molecule has 0 spiro atoms. The van der Waals surface area contributed by atoms with Crippen molar-refractivity contribution < 1.29 is 14.3 Å². The van der Waals surface area contributed by atoms with Gasteiger partial charge >= 0.3 is 5.56 Å². The van der Waals surface area contributed by atoms with Gasteiger partial charge in [-0.2, -0.15) is 10.4 Å². The van der Waals surface area contributed by atoms with Gasteiger partial charge in [0.2, 0.25) is 11.7 Å². The lowest BCUT2D eigenvalue weighted by atomic mass is 9.84. The summed E-state index contributed by atoms with van der Waals surface area (Å²) in [6, 6.07) is 9.54. The molecule has 1 aromatic carbocycles. The van der Waals surface area contributed by atoms with Gasteiger partial charge < -0.3 is 15.0 Å². The van der Waals surface area contributed by atoms with Crippen molar-refractivity contribution in [1.29, 1.82) is 5.26 Å². The Hall–Kier alpha value is -4.30. The van der Waals surface area contributed by atoms with Crippen LogP contribution in [0.5, 0.6) is 11.5 Å². The van der Waals surface area contributed by atoms with E-state index in [9.17, 15) is 19.6 Å². The van der Waals surface area contributed by atoms with Gasteiger partial charge in [0.25, 0.3) is 5.91 Å². The summed E-state index contributed by atoms with van der Waals surface area (Å²) in [4.78, 5) is 48.8. The molecular formula is C28H30ClN7O4. The maximum absolute atomic E-state index is 13.8. The standard InChI is InChI=1S/C28H30ClN7O4/c1-15-11-21(25(37)35-34-15)40-22-13-31-24(32-16(22)2)26(38)33-17(3)27(39)36-20(18-7-6-8-19(29)12-18)9-10-23(36)28(4,5)14-30/h6-8,11-13,17,20,23H,9-10H2,1-5H3,(H,33,38)(H,35,37)/t17-,20+,23?/m1/s1. The number of ether oxygens (including phenoxy) is 1. The minimum absolute atomic E-state index is 0.0188. The topological polar surface area (TPSA) is 154 Å². The summed E-state index contributed by atoms with van der Waals surface area (Å²) >= 11 is 6.23. The summed E-state index contributed by atoms with van der Waals surface area (Å²) in [5.41, 5.74) is 0.421. The summed E-state index contributed by atoms with van der Waals surface area (Å²) in [5.74, 6) is -0.924. The fourth-order valence-corrected chi connectivity index (χ4v) is 5.03. The van der Waals surface area contributed by atoms with Crippen LogP contribution in [0.4, 0.5) is 0 Å². The van der Waals surface area contributed by atoms with Gasteiger partial charge in [0.05, 0.1) is 41.2 Å². The van der Waals surface area contributed by atoms with Crippen LogP contribution in [-0.4, -0.2) is 49.0 Å². The van der Waals surface area contributed by atoms with Gasteiger partial charge in [0.15, 0.2) is 11.5 Å². The van der Waals surface area contributed by atoms with Crippen molar-refractivity contribution in [2.24, 2.45) is 5.41 Å². The summed E-state index contributed by atoms with van der Waals surface area (Å²) in [6.45, 7) is 8.52. The first-order valence-corrected chi connectivity index (χ1v) is 13.2. The Bertz CT molecular complexity index is 1550. The van der Waals surface area contributed by atoms with E-state index in [-0.39, 0.29) is 35.3 Å². The molecule has 3 aromatic rings. The van der Waals surface area contributed by atoms with Gasteiger partial charge in [-0.1, -0.05) is 23.7 Å². The number of likely N-dealkylation sites (tertiary alicyclic amines) is 1. The van der Waals surface area contributed by atoms with E-state index in [0.717, 1.165) is 5.56 Å². The third-order valence-electron chi connectivity index (χ3n) is 6.97. The van der Waals surface area contributed by atoms with E-state index in [0.29, 0.717) is 29.3 Å². The van der Waals surface area contributed by atoms with Crippen molar-refractivity contribution in [3.05, 3.63) is 74.7 Å². The average molecular weight is 564 g/mol. The molecule has 2 aromatic heterocycles. The van der Waals surface area contributed by atoms with Gasteiger partial charge in [0, 0.05) is 11.1 Å². The molecule has 1 saturated heterocycles. The number of carbonyl (C=O) groups excluding carboxylic acids is 2. The Morgan fingerprint density at radius 2 is 2.00 bits per heavy atom. The highest BCUT2D eigenvalue weighted by atomic mass is 35.5. The molecule has 1 fully saturated rings. The third-order valence-corrected chi connectivity index (χ3v) is 7.20. The van der Waals surface area contributed by atoms with Crippen molar-refractivity contribution in [3.8, 4) is 17.6 Å². The zero-order valence-corrected chi connectivity index (χ0v) is 23.6. The number of nitrogens with zero attached hydrogens (tertiary/aromatic N) is 5. The Balaban J connectivity index is 1.53. The van der Waals surface area contributed by atoms with Gasteiger partial charge in [0.1, 0.15) is 6.04 Å². The lowest BCUT2D eigenvalue weighted by molar-refractivity contribution is -0.137. The number of aromatic amines is 1. The summed E-state index contributed by atoms with van der Waals surface area (Å²) in [7, 11) is 0. The Morgan fingerprint density at radius 1 is 1.25 bits per heavy atom. The molecule has 2 amide bonds. The minimum atomic E-state index is -0.928. The lowest BCUT2D eigenvalue weighted by Crippen LogP contribution is -2.52. The quantitative estimate of drug-likeness (QED) is 0.437. The molecule has 1 unspecified atom stereocenters. The highest BCUT2D eigenvalue weighted by molar-refractivity contribution is 6.30. The average Bonchev–Trinajstić information content (AvgIpc) is 3.37. The first-order chi connectivity index (χ1) is 18.9. The first kappa shape index (κ1) is 28.7. The SMILES string of the molecule is Cc1cc(Oc2cnc(C(=O)N[C@H](C)C(=O)N3C(C(C)(C)C#N)CC[C@H]3c3cccc(Cl)c3)nc2C)c(=O)[nH]n1. The smallest absolute Gasteiger partial charge is 0.307 e. The maximum atomic E-state index is 13.8. The second-order valence-corrected chi connectivity index (χ2v) is 10.8. The van der Waals surface area contributed by atoms with Crippen LogP contribution in [0, 0.1) is 30.6 Å². The van der Waals surface area contributed by atoms with Crippen molar-refractivity contribution in [1.82, 2.24) is 30.4 Å².